The third-order valence-corrected chi connectivity index (χ3v) is 17.4. The van der Waals surface area contributed by atoms with E-state index in [2.05, 4.69) is 71.9 Å². The van der Waals surface area contributed by atoms with E-state index in [-0.39, 0.29) is 39.5 Å². The maximum atomic E-state index is 13.3. The molecule has 50 heavy (non-hydrogen) atoms. The molecule has 3 aromatic rings. The SMILES string of the molecule is CO[C@@H]1C[C@H]([C@@H](/C=C(C)/C=C/[C@@H](C/C=C/Br)OC)O[Si](C)(C)C(C)(C)C)O[C@@](Cc2nc(CS(=O)(=O)c3nc4ccccc4s3)co2)(OC)C1. The first-order valence-electron chi connectivity index (χ1n) is 16.6. The normalized spacial score (nSPS) is 22.6. The Hall–Kier alpha value is -2.01. The van der Waals surface area contributed by atoms with E-state index >= 15 is 0 Å². The molecule has 2 aromatic heterocycles. The van der Waals surface area contributed by atoms with Gasteiger partial charge in [-0.25, -0.2) is 18.4 Å². The number of fused-ring (bicyclic) bond motifs is 1. The smallest absolute Gasteiger partial charge is 0.211 e. The fourth-order valence-corrected chi connectivity index (χ4v) is 9.48. The lowest BCUT2D eigenvalue weighted by Crippen LogP contribution is -2.55. The van der Waals surface area contributed by atoms with Crippen LogP contribution in [0.2, 0.25) is 18.1 Å². The predicted molar refractivity (Wildman–Crippen MR) is 204 cm³/mol. The van der Waals surface area contributed by atoms with Crippen LogP contribution in [0.25, 0.3) is 10.2 Å². The maximum absolute atomic E-state index is 13.3. The monoisotopic (exact) mass is 810 g/mol. The molecule has 10 nitrogen and oxygen atoms in total. The van der Waals surface area contributed by atoms with Crippen molar-refractivity contribution in [2.24, 2.45) is 0 Å². The molecule has 1 aliphatic rings. The molecule has 0 unspecified atom stereocenters. The minimum Gasteiger partial charge on any atom is -0.448 e. The molecule has 14 heteroatoms. The summed E-state index contributed by atoms with van der Waals surface area (Å²) in [6.07, 6.45) is 10.4. The molecule has 5 atom stereocenters. The second kappa shape index (κ2) is 17.2. The van der Waals surface area contributed by atoms with Crippen LogP contribution in [0.3, 0.4) is 0 Å². The Morgan fingerprint density at radius 3 is 2.58 bits per heavy atom. The van der Waals surface area contributed by atoms with Crippen molar-refractivity contribution in [1.29, 1.82) is 0 Å². The Balaban J connectivity index is 1.59. The van der Waals surface area contributed by atoms with Gasteiger partial charge in [0.2, 0.25) is 14.2 Å². The number of oxazole rings is 1. The quantitative estimate of drug-likeness (QED) is 0.103. The molecule has 1 aliphatic heterocycles. The first-order valence-corrected chi connectivity index (χ1v) is 22.9. The summed E-state index contributed by atoms with van der Waals surface area (Å²) in [6.45, 7) is 13.1. The highest BCUT2D eigenvalue weighted by Gasteiger charge is 2.48. The highest BCUT2D eigenvalue weighted by Crippen LogP contribution is 2.41. The minimum absolute atomic E-state index is 0.0418. The number of allylic oxidation sites excluding steroid dienone is 2. The average molecular weight is 812 g/mol. The Morgan fingerprint density at radius 2 is 1.94 bits per heavy atom. The first kappa shape index (κ1) is 40.8. The third kappa shape index (κ3) is 10.5. The zero-order valence-electron chi connectivity index (χ0n) is 30.5. The molecule has 276 valence electrons. The van der Waals surface area contributed by atoms with Crippen molar-refractivity contribution in [3.63, 3.8) is 0 Å². The van der Waals surface area contributed by atoms with Crippen molar-refractivity contribution in [2.45, 2.75) is 112 Å². The summed E-state index contributed by atoms with van der Waals surface area (Å²) in [5, 5.41) is -0.0418. The molecule has 1 saturated heterocycles. The van der Waals surface area contributed by atoms with Crippen LogP contribution >= 0.6 is 27.3 Å². The summed E-state index contributed by atoms with van der Waals surface area (Å²) >= 11 is 4.47. The van der Waals surface area contributed by atoms with Crippen LogP contribution in [0.15, 0.2) is 74.1 Å². The van der Waals surface area contributed by atoms with E-state index in [1.165, 1.54) is 6.26 Å². The maximum Gasteiger partial charge on any atom is 0.211 e. The molecule has 1 fully saturated rings. The van der Waals surface area contributed by atoms with Gasteiger partial charge in [0.1, 0.15) is 12.0 Å². The van der Waals surface area contributed by atoms with Crippen molar-refractivity contribution < 1.29 is 36.2 Å². The Labute approximate surface area is 310 Å². The lowest BCUT2D eigenvalue weighted by molar-refractivity contribution is -0.297. The Kier molecular flexibility index (Phi) is 14.0. The van der Waals surface area contributed by atoms with E-state index in [4.69, 9.17) is 27.8 Å². The van der Waals surface area contributed by atoms with Crippen molar-refractivity contribution in [3.8, 4) is 0 Å². The van der Waals surface area contributed by atoms with E-state index in [0.717, 1.165) is 28.0 Å². The van der Waals surface area contributed by atoms with Gasteiger partial charge in [0.25, 0.3) is 0 Å². The summed E-state index contributed by atoms with van der Waals surface area (Å²) in [4.78, 5) is 10.7. The Bertz CT molecular complexity index is 1730. The second-order valence-electron chi connectivity index (χ2n) is 14.2. The number of thiazole rings is 1. The van der Waals surface area contributed by atoms with Gasteiger partial charge in [0, 0.05) is 34.2 Å². The molecule has 0 spiro atoms. The van der Waals surface area contributed by atoms with E-state index in [9.17, 15) is 8.42 Å². The molecular formula is C36H51BrN2O8S2Si. The van der Waals surface area contributed by atoms with Gasteiger partial charge in [-0.1, -0.05) is 78.7 Å². The van der Waals surface area contributed by atoms with Crippen LogP contribution in [0.4, 0.5) is 0 Å². The minimum atomic E-state index is -3.74. The largest absolute Gasteiger partial charge is 0.448 e. The number of benzene rings is 1. The molecule has 1 aromatic carbocycles. The van der Waals surface area contributed by atoms with E-state index in [0.29, 0.717) is 24.2 Å². The van der Waals surface area contributed by atoms with Gasteiger partial charge in [0.15, 0.2) is 20.0 Å². The van der Waals surface area contributed by atoms with E-state index in [1.54, 1.807) is 27.4 Å². The van der Waals surface area contributed by atoms with Crippen molar-refractivity contribution in [1.82, 2.24) is 9.97 Å². The van der Waals surface area contributed by atoms with E-state index < -0.39 is 36.1 Å². The topological polar surface area (TPSA) is 119 Å². The zero-order chi connectivity index (χ0) is 36.7. The average Bonchev–Trinajstić information content (AvgIpc) is 3.70. The predicted octanol–water partition coefficient (Wildman–Crippen LogP) is 8.54. The molecule has 0 amide bonds. The summed E-state index contributed by atoms with van der Waals surface area (Å²) in [6, 6.07) is 7.34. The van der Waals surface area contributed by atoms with Crippen LogP contribution in [0.5, 0.6) is 0 Å². The lowest BCUT2D eigenvalue weighted by atomic mass is 9.92. The molecule has 3 heterocycles. The van der Waals surface area contributed by atoms with Crippen LogP contribution in [-0.2, 0) is 45.4 Å². The molecule has 0 saturated carbocycles. The summed E-state index contributed by atoms with van der Waals surface area (Å²) in [7, 11) is -1.04. The van der Waals surface area contributed by atoms with Crippen LogP contribution in [0.1, 0.15) is 58.5 Å². The fourth-order valence-electron chi connectivity index (χ4n) is 5.47. The number of halogens is 1. The number of hydrogen-bond donors (Lipinski definition) is 0. The Morgan fingerprint density at radius 1 is 1.20 bits per heavy atom. The van der Waals surface area contributed by atoms with Crippen molar-refractivity contribution in [2.75, 3.05) is 21.3 Å². The first-order chi connectivity index (χ1) is 23.5. The lowest BCUT2D eigenvalue weighted by Gasteiger charge is -2.47. The highest BCUT2D eigenvalue weighted by atomic mass is 79.9. The highest BCUT2D eigenvalue weighted by molar-refractivity contribution is 9.11. The molecule has 0 aliphatic carbocycles. The summed E-state index contributed by atoms with van der Waals surface area (Å²) < 4.78 is 64.8. The molecular weight excluding hydrogens is 761 g/mol. The molecule has 0 bridgehead atoms. The number of para-hydroxylation sites is 1. The number of nitrogens with zero attached hydrogens (tertiary/aromatic N) is 2. The van der Waals surface area contributed by atoms with Gasteiger partial charge in [-0.05, 0) is 48.6 Å². The number of sulfone groups is 1. The zero-order valence-corrected chi connectivity index (χ0v) is 34.7. The van der Waals surface area contributed by atoms with Gasteiger partial charge in [-0.15, -0.1) is 11.3 Å². The summed E-state index contributed by atoms with van der Waals surface area (Å²) in [5.74, 6) is -1.19. The van der Waals surface area contributed by atoms with Crippen molar-refractivity contribution >= 4 is 55.6 Å². The molecule has 4 rings (SSSR count). The standard InChI is InChI=1S/C36H51BrN2O8S2Si/c1-25(16-17-27(42-5)13-12-18-37)19-31(47-50(8,9)35(2,3)4)30-20-28(43-6)21-36(44-7,46-30)22-33-38-26(23-45-33)24-49(40,41)34-39-29-14-10-11-15-32(29)48-34/h10-12,14-19,23,27-28,30-31H,13,20-22,24H2,1-9H3/b17-16+,18-12+,25-19+/t27-,28-,30-,31-,36+/m1/s1. The molecule has 0 N–H and O–H groups in total. The van der Waals surface area contributed by atoms with E-state index in [1.807, 2.05) is 42.3 Å². The van der Waals surface area contributed by atoms with Crippen LogP contribution in [-0.4, -0.2) is 78.2 Å². The third-order valence-electron chi connectivity index (χ3n) is 9.37. The number of ether oxygens (including phenoxy) is 4. The number of rotatable bonds is 16. The van der Waals surface area contributed by atoms with Crippen molar-refractivity contribution in [3.05, 3.63) is 77.0 Å². The summed E-state index contributed by atoms with van der Waals surface area (Å²) in [5.41, 5.74) is 1.94. The van der Waals surface area contributed by atoms with Gasteiger partial charge in [-0.2, -0.15) is 0 Å². The second-order valence-corrected chi connectivity index (χ2v) is 22.6. The van der Waals surface area contributed by atoms with Gasteiger partial charge >= 0.3 is 0 Å². The van der Waals surface area contributed by atoms with Crippen LogP contribution in [0, 0.1) is 0 Å². The van der Waals surface area contributed by atoms with Gasteiger partial charge < -0.3 is 27.8 Å². The number of aromatic nitrogens is 2. The fraction of sp³-hybridized carbons (Fsp3) is 0.556. The van der Waals surface area contributed by atoms with Gasteiger partial charge in [-0.3, -0.25) is 0 Å². The molecule has 0 radical (unpaired) electrons. The number of methoxy groups -OCH3 is 3. The van der Waals surface area contributed by atoms with Gasteiger partial charge in [0.05, 0.1) is 46.7 Å². The number of hydrogen-bond acceptors (Lipinski definition) is 11. The van der Waals surface area contributed by atoms with Crippen LogP contribution < -0.4 is 0 Å².